The Morgan fingerprint density at radius 2 is 2.07 bits per heavy atom. The summed E-state index contributed by atoms with van der Waals surface area (Å²) in [5, 5.41) is 17.6. The molecule has 0 saturated heterocycles. The standard InChI is InChI=1S/C9H17NO5/c1-7(11)5-10(4-3-9(13)14)8(12)6-15-2/h7,11H,3-6H2,1-2H3,(H,13,14). The molecule has 0 aromatic carbocycles. The van der Waals surface area contributed by atoms with Gasteiger partial charge in [-0.3, -0.25) is 9.59 Å². The molecule has 0 aromatic heterocycles. The van der Waals surface area contributed by atoms with Gasteiger partial charge in [-0.25, -0.2) is 0 Å². The molecular weight excluding hydrogens is 202 g/mol. The molecule has 0 fully saturated rings. The number of carboxylic acid groups (broad SMARTS) is 1. The Kier molecular flexibility index (Phi) is 6.64. The highest BCUT2D eigenvalue weighted by atomic mass is 16.5. The van der Waals surface area contributed by atoms with E-state index in [1.807, 2.05) is 0 Å². The van der Waals surface area contributed by atoms with Gasteiger partial charge in [0.05, 0.1) is 12.5 Å². The van der Waals surface area contributed by atoms with E-state index in [2.05, 4.69) is 4.74 Å². The van der Waals surface area contributed by atoms with Crippen molar-refractivity contribution in [3.05, 3.63) is 0 Å². The summed E-state index contributed by atoms with van der Waals surface area (Å²) in [6.07, 6.45) is -0.818. The van der Waals surface area contributed by atoms with E-state index in [9.17, 15) is 9.59 Å². The predicted octanol–water partition coefficient (Wildman–Crippen LogP) is -0.683. The van der Waals surface area contributed by atoms with Gasteiger partial charge in [-0.1, -0.05) is 0 Å². The number of carbonyl (C=O) groups excluding carboxylic acids is 1. The lowest BCUT2D eigenvalue weighted by Crippen LogP contribution is -2.39. The number of ether oxygens (including phenoxy) is 1. The minimum absolute atomic E-state index is 0.0857. The van der Waals surface area contributed by atoms with Crippen LogP contribution < -0.4 is 0 Å². The average molecular weight is 219 g/mol. The van der Waals surface area contributed by atoms with Gasteiger partial charge in [0.15, 0.2) is 0 Å². The maximum atomic E-state index is 11.4. The SMILES string of the molecule is COCC(=O)N(CCC(=O)O)CC(C)O. The zero-order chi connectivity index (χ0) is 11.8. The monoisotopic (exact) mass is 219 g/mol. The Balaban J connectivity index is 4.16. The van der Waals surface area contributed by atoms with Gasteiger partial charge in [0.1, 0.15) is 6.61 Å². The molecule has 0 aliphatic rings. The topological polar surface area (TPSA) is 87.1 Å². The molecule has 0 saturated carbocycles. The smallest absolute Gasteiger partial charge is 0.305 e. The average Bonchev–Trinajstić information content (AvgIpc) is 2.11. The number of hydrogen-bond acceptors (Lipinski definition) is 4. The van der Waals surface area contributed by atoms with Crippen molar-refractivity contribution in [2.75, 3.05) is 26.8 Å². The van der Waals surface area contributed by atoms with Crippen LogP contribution in [0.3, 0.4) is 0 Å². The molecule has 0 spiro atoms. The lowest BCUT2D eigenvalue weighted by molar-refractivity contribution is -0.140. The molecule has 0 bridgehead atoms. The maximum absolute atomic E-state index is 11.4. The summed E-state index contributed by atoms with van der Waals surface area (Å²) in [5.74, 6) is -1.30. The third-order valence-electron chi connectivity index (χ3n) is 1.70. The van der Waals surface area contributed by atoms with Crippen molar-refractivity contribution in [3.8, 4) is 0 Å². The van der Waals surface area contributed by atoms with Crippen molar-refractivity contribution < 1.29 is 24.5 Å². The molecule has 1 unspecified atom stereocenters. The third kappa shape index (κ3) is 6.87. The van der Waals surface area contributed by atoms with Gasteiger partial charge in [0, 0.05) is 20.2 Å². The van der Waals surface area contributed by atoms with Crippen molar-refractivity contribution in [3.63, 3.8) is 0 Å². The molecule has 0 rings (SSSR count). The molecule has 0 aliphatic carbocycles. The van der Waals surface area contributed by atoms with Gasteiger partial charge in [0.25, 0.3) is 0 Å². The van der Waals surface area contributed by atoms with Crippen LogP contribution in [0.25, 0.3) is 0 Å². The van der Waals surface area contributed by atoms with Crippen LogP contribution in [0.5, 0.6) is 0 Å². The fourth-order valence-electron chi connectivity index (χ4n) is 1.08. The first-order valence-electron chi connectivity index (χ1n) is 4.64. The van der Waals surface area contributed by atoms with E-state index in [1.54, 1.807) is 0 Å². The van der Waals surface area contributed by atoms with E-state index in [0.717, 1.165) is 0 Å². The molecule has 6 heteroatoms. The number of hydrogen-bond donors (Lipinski definition) is 2. The molecule has 6 nitrogen and oxygen atoms in total. The third-order valence-corrected chi connectivity index (χ3v) is 1.70. The van der Waals surface area contributed by atoms with Crippen LogP contribution in [0, 0.1) is 0 Å². The van der Waals surface area contributed by atoms with Crippen LogP contribution in [0.4, 0.5) is 0 Å². The number of amides is 1. The second-order valence-corrected chi connectivity index (χ2v) is 3.27. The van der Waals surface area contributed by atoms with Gasteiger partial charge < -0.3 is 19.8 Å². The van der Waals surface area contributed by atoms with Gasteiger partial charge in [-0.15, -0.1) is 0 Å². The lowest BCUT2D eigenvalue weighted by atomic mass is 10.3. The van der Waals surface area contributed by atoms with Gasteiger partial charge in [0.2, 0.25) is 5.91 Å². The Labute approximate surface area is 88.4 Å². The van der Waals surface area contributed by atoms with Crippen LogP contribution in [-0.2, 0) is 14.3 Å². The zero-order valence-corrected chi connectivity index (χ0v) is 8.97. The van der Waals surface area contributed by atoms with Crippen LogP contribution in [0.15, 0.2) is 0 Å². The molecule has 0 aliphatic heterocycles. The van der Waals surface area contributed by atoms with Gasteiger partial charge in [-0.05, 0) is 6.92 Å². The largest absolute Gasteiger partial charge is 0.481 e. The van der Waals surface area contributed by atoms with Gasteiger partial charge >= 0.3 is 5.97 Å². The van der Waals surface area contributed by atoms with Crippen LogP contribution in [0.1, 0.15) is 13.3 Å². The second-order valence-electron chi connectivity index (χ2n) is 3.27. The second kappa shape index (κ2) is 7.19. The molecule has 0 heterocycles. The molecule has 0 aromatic rings. The fourth-order valence-corrected chi connectivity index (χ4v) is 1.08. The summed E-state index contributed by atoms with van der Waals surface area (Å²) in [6.45, 7) is 1.64. The maximum Gasteiger partial charge on any atom is 0.305 e. The van der Waals surface area contributed by atoms with Crippen molar-refractivity contribution in [1.82, 2.24) is 4.90 Å². The first-order valence-corrected chi connectivity index (χ1v) is 4.64. The highest BCUT2D eigenvalue weighted by molar-refractivity contribution is 5.78. The molecule has 1 atom stereocenters. The summed E-state index contributed by atoms with van der Waals surface area (Å²) >= 11 is 0. The Morgan fingerprint density at radius 1 is 1.47 bits per heavy atom. The Bertz CT molecular complexity index is 217. The summed E-state index contributed by atoms with van der Waals surface area (Å²) < 4.78 is 4.65. The van der Waals surface area contributed by atoms with E-state index in [1.165, 1.54) is 18.9 Å². The van der Waals surface area contributed by atoms with E-state index in [-0.39, 0.29) is 32.0 Å². The van der Waals surface area contributed by atoms with Crippen LogP contribution >= 0.6 is 0 Å². The minimum Gasteiger partial charge on any atom is -0.481 e. The van der Waals surface area contributed by atoms with E-state index < -0.39 is 12.1 Å². The highest BCUT2D eigenvalue weighted by Crippen LogP contribution is 1.97. The van der Waals surface area contributed by atoms with Gasteiger partial charge in [-0.2, -0.15) is 0 Å². The van der Waals surface area contributed by atoms with Crippen LogP contribution in [0.2, 0.25) is 0 Å². The number of aliphatic hydroxyl groups is 1. The summed E-state index contributed by atoms with van der Waals surface area (Å²) in [5.41, 5.74) is 0. The molecule has 2 N–H and O–H groups in total. The number of nitrogens with zero attached hydrogens (tertiary/aromatic N) is 1. The number of carbonyl (C=O) groups is 2. The minimum atomic E-state index is -0.976. The first-order chi connectivity index (χ1) is 6.97. The lowest BCUT2D eigenvalue weighted by Gasteiger charge is -2.22. The van der Waals surface area contributed by atoms with E-state index >= 15 is 0 Å². The zero-order valence-electron chi connectivity index (χ0n) is 8.97. The quantitative estimate of drug-likeness (QED) is 0.592. The number of carboxylic acids is 1. The molecule has 15 heavy (non-hydrogen) atoms. The van der Waals surface area contributed by atoms with E-state index in [4.69, 9.17) is 10.2 Å². The first kappa shape index (κ1) is 13.9. The summed E-state index contributed by atoms with van der Waals surface area (Å²) in [6, 6.07) is 0. The molecular formula is C9H17NO5. The normalized spacial score (nSPS) is 12.2. The number of aliphatic carboxylic acids is 1. The van der Waals surface area contributed by atoms with Crippen molar-refractivity contribution in [2.45, 2.75) is 19.4 Å². The highest BCUT2D eigenvalue weighted by Gasteiger charge is 2.16. The summed E-state index contributed by atoms with van der Waals surface area (Å²) in [7, 11) is 1.38. The number of methoxy groups -OCH3 is 1. The van der Waals surface area contributed by atoms with E-state index in [0.29, 0.717) is 0 Å². The predicted molar refractivity (Wildman–Crippen MR) is 52.4 cm³/mol. The fraction of sp³-hybridized carbons (Fsp3) is 0.778. The van der Waals surface area contributed by atoms with Crippen LogP contribution in [-0.4, -0.2) is 59.9 Å². The van der Waals surface area contributed by atoms with Crippen molar-refractivity contribution in [2.24, 2.45) is 0 Å². The summed E-state index contributed by atoms with van der Waals surface area (Å²) in [4.78, 5) is 23.0. The number of rotatable bonds is 7. The Hall–Kier alpha value is -1.14. The number of aliphatic hydroxyl groups excluding tert-OH is 1. The molecule has 1 amide bonds. The van der Waals surface area contributed by atoms with Crippen molar-refractivity contribution >= 4 is 11.9 Å². The molecule has 88 valence electrons. The Morgan fingerprint density at radius 3 is 2.47 bits per heavy atom. The van der Waals surface area contributed by atoms with Crippen molar-refractivity contribution in [1.29, 1.82) is 0 Å². The molecule has 0 radical (unpaired) electrons.